The van der Waals surface area contributed by atoms with Gasteiger partial charge in [0.1, 0.15) is 24.4 Å². The third-order valence-electron chi connectivity index (χ3n) is 6.00. The topological polar surface area (TPSA) is 79.2 Å². The van der Waals surface area contributed by atoms with Crippen molar-refractivity contribution in [2.75, 3.05) is 19.8 Å². The number of aliphatic hydroxyl groups is 3. The average Bonchev–Trinajstić information content (AvgIpc) is 2.75. The van der Waals surface area contributed by atoms with E-state index in [0.29, 0.717) is 6.61 Å². The van der Waals surface area contributed by atoms with Crippen molar-refractivity contribution in [3.05, 3.63) is 12.2 Å². The Balaban J connectivity index is 1.83. The Morgan fingerprint density at radius 3 is 1.87 bits per heavy atom. The van der Waals surface area contributed by atoms with Gasteiger partial charge in [-0.05, 0) is 32.1 Å². The summed E-state index contributed by atoms with van der Waals surface area (Å²) in [5.74, 6) is 0. The van der Waals surface area contributed by atoms with Gasteiger partial charge in [0.05, 0.1) is 13.2 Å². The first-order chi connectivity index (χ1) is 14.7. The van der Waals surface area contributed by atoms with Crippen LogP contribution in [0.2, 0.25) is 0 Å². The molecule has 0 spiro atoms. The molecule has 5 heteroatoms. The van der Waals surface area contributed by atoms with E-state index in [4.69, 9.17) is 14.6 Å². The molecule has 1 rings (SSSR count). The third kappa shape index (κ3) is 13.1. The second-order valence-electron chi connectivity index (χ2n) is 8.74. The summed E-state index contributed by atoms with van der Waals surface area (Å²) in [6, 6.07) is 0. The highest BCUT2D eigenvalue weighted by atomic mass is 16.6. The van der Waals surface area contributed by atoms with Gasteiger partial charge in [-0.15, -0.1) is 0 Å². The van der Waals surface area contributed by atoms with E-state index >= 15 is 0 Å². The number of hydrogen-bond acceptors (Lipinski definition) is 5. The van der Waals surface area contributed by atoms with Gasteiger partial charge < -0.3 is 24.8 Å². The molecule has 0 unspecified atom stereocenters. The van der Waals surface area contributed by atoms with E-state index in [-0.39, 0.29) is 13.2 Å². The summed E-state index contributed by atoms with van der Waals surface area (Å²) in [7, 11) is 0. The molecule has 0 amide bonds. The Bertz CT molecular complexity index is 401. The second kappa shape index (κ2) is 19.2. The fourth-order valence-corrected chi connectivity index (χ4v) is 3.92. The van der Waals surface area contributed by atoms with Crippen molar-refractivity contribution in [2.45, 2.75) is 128 Å². The van der Waals surface area contributed by atoms with E-state index < -0.39 is 24.4 Å². The molecule has 0 saturated carbocycles. The van der Waals surface area contributed by atoms with Crippen molar-refractivity contribution in [2.24, 2.45) is 0 Å². The third-order valence-corrected chi connectivity index (χ3v) is 6.00. The summed E-state index contributed by atoms with van der Waals surface area (Å²) in [5, 5.41) is 28.9. The van der Waals surface area contributed by atoms with Crippen molar-refractivity contribution in [1.82, 2.24) is 0 Å². The molecule has 4 atom stereocenters. The molecular weight excluding hydrogens is 380 g/mol. The van der Waals surface area contributed by atoms with Crippen LogP contribution in [0.15, 0.2) is 12.2 Å². The van der Waals surface area contributed by atoms with Crippen molar-refractivity contribution in [3.8, 4) is 0 Å². The van der Waals surface area contributed by atoms with Crippen LogP contribution < -0.4 is 0 Å². The van der Waals surface area contributed by atoms with Gasteiger partial charge in [-0.3, -0.25) is 0 Å². The zero-order valence-electron chi connectivity index (χ0n) is 19.4. The predicted octanol–water partition coefficient (Wildman–Crippen LogP) is 4.91. The maximum atomic E-state index is 10.0. The largest absolute Gasteiger partial charge is 0.394 e. The maximum absolute atomic E-state index is 10.0. The lowest BCUT2D eigenvalue weighted by Crippen LogP contribution is -2.55. The van der Waals surface area contributed by atoms with Crippen LogP contribution in [-0.2, 0) is 9.47 Å². The summed E-state index contributed by atoms with van der Waals surface area (Å²) in [6.45, 7) is 2.76. The van der Waals surface area contributed by atoms with Crippen LogP contribution in [0.3, 0.4) is 0 Å². The zero-order chi connectivity index (χ0) is 21.9. The second-order valence-corrected chi connectivity index (χ2v) is 8.74. The van der Waals surface area contributed by atoms with Gasteiger partial charge in [-0.2, -0.15) is 0 Å². The smallest absolute Gasteiger partial charge is 0.111 e. The van der Waals surface area contributed by atoms with Gasteiger partial charge >= 0.3 is 0 Å². The van der Waals surface area contributed by atoms with Crippen molar-refractivity contribution >= 4 is 0 Å². The molecule has 0 aliphatic carbocycles. The van der Waals surface area contributed by atoms with Crippen molar-refractivity contribution in [1.29, 1.82) is 0 Å². The molecule has 178 valence electrons. The standard InChI is InChI=1S/C25H48O5/c1-2-3-4-5-6-7-8-9-10-11-12-13-14-15-16-17-18-19-29-23-21-30-22(20-26)24(27)25(23)28/h11-12,22-28H,2-10,13-21H2,1H3/b12-11+/t22-,23+,24-,25-/m1/s1. The number of ether oxygens (including phenoxy) is 2. The van der Waals surface area contributed by atoms with E-state index in [2.05, 4.69) is 19.1 Å². The van der Waals surface area contributed by atoms with Gasteiger partial charge in [-0.25, -0.2) is 0 Å². The first kappa shape index (κ1) is 27.6. The molecule has 0 aromatic rings. The summed E-state index contributed by atoms with van der Waals surface area (Å²) in [6.07, 6.45) is 20.7. The van der Waals surface area contributed by atoms with Crippen LogP contribution in [0.4, 0.5) is 0 Å². The van der Waals surface area contributed by atoms with Crippen LogP contribution in [0, 0.1) is 0 Å². The fourth-order valence-electron chi connectivity index (χ4n) is 3.92. The Hall–Kier alpha value is -0.460. The molecule has 5 nitrogen and oxygen atoms in total. The minimum atomic E-state index is -1.09. The van der Waals surface area contributed by atoms with Gasteiger partial charge in [0.25, 0.3) is 0 Å². The monoisotopic (exact) mass is 428 g/mol. The van der Waals surface area contributed by atoms with Crippen LogP contribution in [-0.4, -0.2) is 59.6 Å². The Morgan fingerprint density at radius 1 is 0.767 bits per heavy atom. The first-order valence-corrected chi connectivity index (χ1v) is 12.6. The van der Waals surface area contributed by atoms with Crippen LogP contribution in [0.1, 0.15) is 103 Å². The Morgan fingerprint density at radius 2 is 1.30 bits per heavy atom. The molecule has 1 aliphatic heterocycles. The molecule has 0 aromatic carbocycles. The fraction of sp³-hybridized carbons (Fsp3) is 0.920. The normalized spacial score (nSPS) is 24.7. The number of rotatable bonds is 19. The van der Waals surface area contributed by atoms with E-state index in [0.717, 1.165) is 12.8 Å². The molecule has 30 heavy (non-hydrogen) atoms. The Labute approximate surface area is 184 Å². The van der Waals surface area contributed by atoms with Crippen LogP contribution in [0.5, 0.6) is 0 Å². The van der Waals surface area contributed by atoms with Gasteiger partial charge in [0.2, 0.25) is 0 Å². The van der Waals surface area contributed by atoms with E-state index in [1.54, 1.807) is 0 Å². The number of unbranched alkanes of at least 4 members (excludes halogenated alkanes) is 13. The number of hydrogen-bond donors (Lipinski definition) is 3. The van der Waals surface area contributed by atoms with Crippen molar-refractivity contribution in [3.63, 3.8) is 0 Å². The van der Waals surface area contributed by atoms with Gasteiger partial charge in [-0.1, -0.05) is 83.3 Å². The molecule has 0 bridgehead atoms. The van der Waals surface area contributed by atoms with Crippen LogP contribution in [0.25, 0.3) is 0 Å². The van der Waals surface area contributed by atoms with E-state index in [1.807, 2.05) is 0 Å². The maximum Gasteiger partial charge on any atom is 0.111 e. The lowest BCUT2D eigenvalue weighted by molar-refractivity contribution is -0.208. The summed E-state index contributed by atoms with van der Waals surface area (Å²) in [5.41, 5.74) is 0. The molecule has 0 aromatic heterocycles. The molecule has 1 heterocycles. The lowest BCUT2D eigenvalue weighted by atomic mass is 10.0. The molecule has 1 saturated heterocycles. The minimum absolute atomic E-state index is 0.217. The van der Waals surface area contributed by atoms with E-state index in [1.165, 1.54) is 83.5 Å². The SMILES string of the molecule is CCCCCCCCCC/C=C/CCCCCCCO[C@H]1CO[C@H](CO)[C@@H](O)[C@@H]1O. The summed E-state index contributed by atoms with van der Waals surface area (Å²) < 4.78 is 11.0. The average molecular weight is 429 g/mol. The minimum Gasteiger partial charge on any atom is -0.394 e. The Kier molecular flexibility index (Phi) is 17.7. The molecule has 3 N–H and O–H groups in total. The molecule has 0 radical (unpaired) electrons. The number of aliphatic hydroxyl groups excluding tert-OH is 3. The molecular formula is C25H48O5. The highest BCUT2D eigenvalue weighted by Crippen LogP contribution is 2.18. The lowest BCUT2D eigenvalue weighted by Gasteiger charge is -2.36. The zero-order valence-corrected chi connectivity index (χ0v) is 19.4. The first-order valence-electron chi connectivity index (χ1n) is 12.6. The number of allylic oxidation sites excluding steroid dienone is 2. The molecule has 1 fully saturated rings. The summed E-state index contributed by atoms with van der Waals surface area (Å²) in [4.78, 5) is 0. The van der Waals surface area contributed by atoms with Gasteiger partial charge in [0, 0.05) is 6.61 Å². The van der Waals surface area contributed by atoms with Crippen molar-refractivity contribution < 1.29 is 24.8 Å². The van der Waals surface area contributed by atoms with Gasteiger partial charge in [0.15, 0.2) is 0 Å². The molecule has 1 aliphatic rings. The predicted molar refractivity (Wildman–Crippen MR) is 123 cm³/mol. The highest BCUT2D eigenvalue weighted by Gasteiger charge is 2.38. The van der Waals surface area contributed by atoms with Crippen LogP contribution >= 0.6 is 0 Å². The quantitative estimate of drug-likeness (QED) is 0.201. The summed E-state index contributed by atoms with van der Waals surface area (Å²) >= 11 is 0. The highest BCUT2D eigenvalue weighted by molar-refractivity contribution is 4.87. The van der Waals surface area contributed by atoms with E-state index in [9.17, 15) is 10.2 Å².